The summed E-state index contributed by atoms with van der Waals surface area (Å²) in [5.74, 6) is -0.935. The van der Waals surface area contributed by atoms with Crippen molar-refractivity contribution < 1.29 is 19.4 Å². The molecule has 5 heteroatoms. The molecule has 3 rings (SSSR count). The van der Waals surface area contributed by atoms with Gasteiger partial charge < -0.3 is 9.84 Å². The van der Waals surface area contributed by atoms with Crippen molar-refractivity contribution in [1.29, 1.82) is 0 Å². The summed E-state index contributed by atoms with van der Waals surface area (Å²) in [7, 11) is 0. The van der Waals surface area contributed by atoms with E-state index in [0.717, 1.165) is 0 Å². The molecule has 0 spiro atoms. The van der Waals surface area contributed by atoms with E-state index in [2.05, 4.69) is 0 Å². The van der Waals surface area contributed by atoms with Gasteiger partial charge in [-0.2, -0.15) is 0 Å². The average molecular weight is 283 g/mol. The number of benzene rings is 2. The van der Waals surface area contributed by atoms with Crippen molar-refractivity contribution in [1.82, 2.24) is 0 Å². The number of anilines is 1. The molecular weight excluding hydrogens is 270 g/mol. The molecule has 5 nitrogen and oxygen atoms in total. The molecule has 106 valence electrons. The minimum absolute atomic E-state index is 0.159. The molecule has 1 amide bonds. The van der Waals surface area contributed by atoms with E-state index < -0.39 is 12.0 Å². The molecule has 21 heavy (non-hydrogen) atoms. The number of carboxylic acid groups (broad SMARTS) is 1. The largest absolute Gasteiger partial charge is 0.482 e. The highest BCUT2D eigenvalue weighted by atomic mass is 16.5. The topological polar surface area (TPSA) is 66.8 Å². The fourth-order valence-corrected chi connectivity index (χ4v) is 2.44. The zero-order chi connectivity index (χ0) is 14.8. The number of hydrogen-bond acceptors (Lipinski definition) is 3. The highest BCUT2D eigenvalue weighted by molar-refractivity contribution is 6.02. The molecule has 0 fully saturated rings. The van der Waals surface area contributed by atoms with Gasteiger partial charge in [0, 0.05) is 0 Å². The lowest BCUT2D eigenvalue weighted by Gasteiger charge is -2.33. The molecule has 1 heterocycles. The molecule has 0 aliphatic carbocycles. The summed E-state index contributed by atoms with van der Waals surface area (Å²) >= 11 is 0. The Balaban J connectivity index is 2.12. The van der Waals surface area contributed by atoms with Crippen LogP contribution in [0.5, 0.6) is 5.75 Å². The van der Waals surface area contributed by atoms with Crippen molar-refractivity contribution in [2.24, 2.45) is 0 Å². The predicted octanol–water partition coefficient (Wildman–Crippen LogP) is 2.24. The molecule has 2 aromatic carbocycles. The number of carboxylic acids is 1. The molecule has 0 saturated heterocycles. The van der Waals surface area contributed by atoms with Gasteiger partial charge in [-0.05, 0) is 17.7 Å². The number of para-hydroxylation sites is 2. The first kappa shape index (κ1) is 13.2. The zero-order valence-corrected chi connectivity index (χ0v) is 11.1. The second kappa shape index (κ2) is 5.28. The molecule has 0 aromatic heterocycles. The molecular formula is C16H13NO4. The molecule has 1 aliphatic rings. The van der Waals surface area contributed by atoms with Gasteiger partial charge in [-0.3, -0.25) is 9.69 Å². The van der Waals surface area contributed by atoms with Crippen LogP contribution in [0.25, 0.3) is 0 Å². The molecule has 0 radical (unpaired) electrons. The summed E-state index contributed by atoms with van der Waals surface area (Å²) in [5.41, 5.74) is 1.03. The predicted molar refractivity (Wildman–Crippen MR) is 76.2 cm³/mol. The van der Waals surface area contributed by atoms with Gasteiger partial charge in [0.1, 0.15) is 5.75 Å². The minimum atomic E-state index is -1.08. The van der Waals surface area contributed by atoms with Crippen LogP contribution in [0.4, 0.5) is 5.69 Å². The number of carbonyl (C=O) groups excluding carboxylic acids is 1. The van der Waals surface area contributed by atoms with E-state index in [9.17, 15) is 14.7 Å². The first-order valence-electron chi connectivity index (χ1n) is 6.50. The number of ether oxygens (including phenoxy) is 1. The first-order chi connectivity index (χ1) is 10.2. The zero-order valence-electron chi connectivity index (χ0n) is 11.1. The van der Waals surface area contributed by atoms with Crippen LogP contribution in [0.2, 0.25) is 0 Å². The summed E-state index contributed by atoms with van der Waals surface area (Å²) < 4.78 is 5.35. The maximum absolute atomic E-state index is 12.2. The lowest BCUT2D eigenvalue weighted by atomic mass is 10.0. The second-order valence-corrected chi connectivity index (χ2v) is 4.67. The molecule has 2 aromatic rings. The van der Waals surface area contributed by atoms with Crippen molar-refractivity contribution in [2.45, 2.75) is 6.04 Å². The summed E-state index contributed by atoms with van der Waals surface area (Å²) in [6, 6.07) is 14.6. The maximum atomic E-state index is 12.2. The highest BCUT2D eigenvalue weighted by Gasteiger charge is 2.36. The molecule has 1 atom stereocenters. The van der Waals surface area contributed by atoms with E-state index in [4.69, 9.17) is 4.74 Å². The van der Waals surface area contributed by atoms with Crippen LogP contribution in [0.1, 0.15) is 11.6 Å². The van der Waals surface area contributed by atoms with Gasteiger partial charge in [-0.25, -0.2) is 4.79 Å². The smallest absolute Gasteiger partial charge is 0.331 e. The average Bonchev–Trinajstić information content (AvgIpc) is 2.51. The van der Waals surface area contributed by atoms with Crippen molar-refractivity contribution in [3.05, 3.63) is 60.2 Å². The summed E-state index contributed by atoms with van der Waals surface area (Å²) in [6.45, 7) is -0.159. The Morgan fingerprint density at radius 3 is 2.48 bits per heavy atom. The Bertz CT molecular complexity index is 684. The lowest BCUT2D eigenvalue weighted by Crippen LogP contribution is -2.44. The van der Waals surface area contributed by atoms with Crippen molar-refractivity contribution in [3.63, 3.8) is 0 Å². The van der Waals surface area contributed by atoms with E-state index >= 15 is 0 Å². The Hall–Kier alpha value is -2.82. The number of nitrogens with zero attached hydrogens (tertiary/aromatic N) is 1. The van der Waals surface area contributed by atoms with Crippen LogP contribution < -0.4 is 9.64 Å². The van der Waals surface area contributed by atoms with Crippen molar-refractivity contribution >= 4 is 17.6 Å². The number of carbonyl (C=O) groups is 2. The van der Waals surface area contributed by atoms with Crippen LogP contribution in [0, 0.1) is 0 Å². The fourth-order valence-electron chi connectivity index (χ4n) is 2.44. The van der Waals surface area contributed by atoms with Gasteiger partial charge in [-0.1, -0.05) is 42.5 Å². The van der Waals surface area contributed by atoms with Gasteiger partial charge in [0.2, 0.25) is 0 Å². The Morgan fingerprint density at radius 2 is 1.76 bits per heavy atom. The minimum Gasteiger partial charge on any atom is -0.482 e. The second-order valence-electron chi connectivity index (χ2n) is 4.67. The third-order valence-electron chi connectivity index (χ3n) is 3.35. The third kappa shape index (κ3) is 2.33. The van der Waals surface area contributed by atoms with Crippen LogP contribution >= 0.6 is 0 Å². The van der Waals surface area contributed by atoms with E-state index in [1.165, 1.54) is 4.90 Å². The van der Waals surface area contributed by atoms with Crippen LogP contribution in [0.15, 0.2) is 54.6 Å². The number of rotatable bonds is 3. The van der Waals surface area contributed by atoms with Gasteiger partial charge in [-0.15, -0.1) is 0 Å². The van der Waals surface area contributed by atoms with E-state index in [-0.39, 0.29) is 12.5 Å². The van der Waals surface area contributed by atoms with E-state index in [0.29, 0.717) is 17.0 Å². The summed E-state index contributed by atoms with van der Waals surface area (Å²) in [6.07, 6.45) is 0. The van der Waals surface area contributed by atoms with Crippen molar-refractivity contribution in [3.8, 4) is 5.75 Å². The van der Waals surface area contributed by atoms with Crippen molar-refractivity contribution in [2.75, 3.05) is 11.5 Å². The summed E-state index contributed by atoms with van der Waals surface area (Å²) in [4.78, 5) is 25.2. The fraction of sp³-hybridized carbons (Fsp3) is 0.125. The van der Waals surface area contributed by atoms with Gasteiger partial charge >= 0.3 is 5.97 Å². The molecule has 0 bridgehead atoms. The summed E-state index contributed by atoms with van der Waals surface area (Å²) in [5, 5.41) is 9.59. The third-order valence-corrected chi connectivity index (χ3v) is 3.35. The molecule has 1 unspecified atom stereocenters. The van der Waals surface area contributed by atoms with E-state index in [1.807, 2.05) is 0 Å². The van der Waals surface area contributed by atoms with Crippen LogP contribution in [-0.4, -0.2) is 23.6 Å². The number of hydrogen-bond donors (Lipinski definition) is 1. The number of aliphatic carboxylic acids is 1. The molecule has 1 aliphatic heterocycles. The van der Waals surface area contributed by atoms with Gasteiger partial charge in [0.25, 0.3) is 5.91 Å². The van der Waals surface area contributed by atoms with E-state index in [1.54, 1.807) is 54.6 Å². The first-order valence-corrected chi connectivity index (χ1v) is 6.50. The number of fused-ring (bicyclic) bond motifs is 1. The number of amides is 1. The Labute approximate surface area is 121 Å². The van der Waals surface area contributed by atoms with Gasteiger partial charge in [0.15, 0.2) is 12.6 Å². The Kier molecular flexibility index (Phi) is 3.31. The van der Waals surface area contributed by atoms with Crippen LogP contribution in [0.3, 0.4) is 0 Å². The quantitative estimate of drug-likeness (QED) is 0.938. The molecule has 0 saturated carbocycles. The van der Waals surface area contributed by atoms with Crippen LogP contribution in [-0.2, 0) is 9.59 Å². The maximum Gasteiger partial charge on any atom is 0.331 e. The SMILES string of the molecule is O=C(O)C(c1ccccc1)N1C(=O)COc2ccccc21. The normalized spacial score (nSPS) is 15.0. The monoisotopic (exact) mass is 283 g/mol. The van der Waals surface area contributed by atoms with Gasteiger partial charge in [0.05, 0.1) is 5.69 Å². The lowest BCUT2D eigenvalue weighted by molar-refractivity contribution is -0.140. The standard InChI is InChI=1S/C16H13NO4/c18-14-10-21-13-9-5-4-8-12(13)17(14)15(16(19)20)11-6-2-1-3-7-11/h1-9,15H,10H2,(H,19,20). The highest BCUT2D eigenvalue weighted by Crippen LogP contribution is 2.37. The molecule has 1 N–H and O–H groups in total. The Morgan fingerprint density at radius 1 is 1.10 bits per heavy atom.